The average Bonchev–Trinajstić information content (AvgIpc) is 3.05. The largest absolute Gasteiger partial charge is 0.482 e. The summed E-state index contributed by atoms with van der Waals surface area (Å²) in [5.41, 5.74) is 1.61. The Labute approximate surface area is 136 Å². The van der Waals surface area contributed by atoms with Crippen molar-refractivity contribution in [1.29, 1.82) is 0 Å². The first kappa shape index (κ1) is 15.8. The zero-order valence-electron chi connectivity index (χ0n) is 13.4. The Kier molecular flexibility index (Phi) is 4.81. The number of hydrogen-bond donors (Lipinski definition) is 3. The predicted molar refractivity (Wildman–Crippen MR) is 87.3 cm³/mol. The summed E-state index contributed by atoms with van der Waals surface area (Å²) in [7, 11) is 0. The summed E-state index contributed by atoms with van der Waals surface area (Å²) in [6.07, 6.45) is 2.65. The van der Waals surface area contributed by atoms with E-state index < -0.39 is 0 Å². The van der Waals surface area contributed by atoms with Gasteiger partial charge >= 0.3 is 0 Å². The Morgan fingerprint density at radius 2 is 2.35 bits per heavy atom. The second kappa shape index (κ2) is 7.00. The van der Waals surface area contributed by atoms with Crippen molar-refractivity contribution in [2.24, 2.45) is 5.92 Å². The van der Waals surface area contributed by atoms with Gasteiger partial charge in [-0.2, -0.15) is 0 Å². The normalized spacial score (nSPS) is 21.1. The van der Waals surface area contributed by atoms with Gasteiger partial charge in [0.05, 0.1) is 11.7 Å². The highest BCUT2D eigenvalue weighted by molar-refractivity contribution is 5.95. The molecule has 23 heavy (non-hydrogen) atoms. The average molecular weight is 317 g/mol. The topological polar surface area (TPSA) is 79.5 Å². The standard InChI is InChI=1S/C17H23N3O3/c1-11(19-16(21)5-2-12-6-7-18-9-12)13-3-4-15-14(8-13)20-17(22)10-23-15/h3-4,8,11-12,18H,2,5-7,9-10H2,1H3,(H,19,21)(H,20,22). The fourth-order valence-corrected chi connectivity index (χ4v) is 3.06. The van der Waals surface area contributed by atoms with Crippen LogP contribution in [0.4, 0.5) is 5.69 Å². The van der Waals surface area contributed by atoms with Gasteiger partial charge < -0.3 is 20.7 Å². The first-order valence-corrected chi connectivity index (χ1v) is 8.18. The molecule has 0 aliphatic carbocycles. The van der Waals surface area contributed by atoms with E-state index >= 15 is 0 Å². The fourth-order valence-electron chi connectivity index (χ4n) is 3.06. The van der Waals surface area contributed by atoms with Gasteiger partial charge in [-0.25, -0.2) is 0 Å². The molecule has 0 aromatic heterocycles. The van der Waals surface area contributed by atoms with Crippen LogP contribution in [0.2, 0.25) is 0 Å². The van der Waals surface area contributed by atoms with Crippen LogP contribution in [0, 0.1) is 5.92 Å². The van der Waals surface area contributed by atoms with Crippen LogP contribution in [-0.2, 0) is 9.59 Å². The molecule has 3 rings (SSSR count). The van der Waals surface area contributed by atoms with Crippen molar-refractivity contribution < 1.29 is 14.3 Å². The molecule has 124 valence electrons. The molecule has 0 bridgehead atoms. The molecule has 2 amide bonds. The van der Waals surface area contributed by atoms with Crippen LogP contribution in [-0.4, -0.2) is 31.5 Å². The SMILES string of the molecule is CC(NC(=O)CCC1CCNC1)c1ccc2c(c1)NC(=O)CO2. The third-order valence-corrected chi connectivity index (χ3v) is 4.46. The van der Waals surface area contributed by atoms with Crippen molar-refractivity contribution in [2.75, 3.05) is 25.0 Å². The third-order valence-electron chi connectivity index (χ3n) is 4.46. The molecule has 2 heterocycles. The minimum atomic E-state index is -0.156. The van der Waals surface area contributed by atoms with Crippen LogP contribution in [0.25, 0.3) is 0 Å². The van der Waals surface area contributed by atoms with Crippen LogP contribution >= 0.6 is 0 Å². The maximum absolute atomic E-state index is 12.1. The number of anilines is 1. The highest BCUT2D eigenvalue weighted by Gasteiger charge is 2.19. The van der Waals surface area contributed by atoms with E-state index in [1.54, 1.807) is 0 Å². The molecule has 6 heteroatoms. The van der Waals surface area contributed by atoms with Crippen LogP contribution in [0.1, 0.15) is 37.8 Å². The molecule has 2 aliphatic heterocycles. The van der Waals surface area contributed by atoms with Gasteiger partial charge in [-0.3, -0.25) is 9.59 Å². The Hall–Kier alpha value is -2.08. The molecule has 1 saturated heterocycles. The fraction of sp³-hybridized carbons (Fsp3) is 0.529. The Morgan fingerprint density at radius 3 is 3.13 bits per heavy atom. The van der Waals surface area contributed by atoms with E-state index in [0.29, 0.717) is 23.8 Å². The minimum absolute atomic E-state index is 0.0503. The van der Waals surface area contributed by atoms with Crippen molar-refractivity contribution in [3.8, 4) is 5.75 Å². The van der Waals surface area contributed by atoms with E-state index in [1.807, 2.05) is 25.1 Å². The molecule has 3 N–H and O–H groups in total. The lowest BCUT2D eigenvalue weighted by molar-refractivity contribution is -0.122. The van der Waals surface area contributed by atoms with Crippen LogP contribution in [0.3, 0.4) is 0 Å². The predicted octanol–water partition coefficient (Wildman–Crippen LogP) is 1.58. The van der Waals surface area contributed by atoms with Gasteiger partial charge in [0.25, 0.3) is 5.91 Å². The summed E-state index contributed by atoms with van der Waals surface area (Å²) >= 11 is 0. The molecule has 0 spiro atoms. The van der Waals surface area contributed by atoms with Gasteiger partial charge in [0.15, 0.2) is 6.61 Å². The highest BCUT2D eigenvalue weighted by Crippen LogP contribution is 2.30. The van der Waals surface area contributed by atoms with E-state index in [9.17, 15) is 9.59 Å². The zero-order valence-corrected chi connectivity index (χ0v) is 13.4. The van der Waals surface area contributed by atoms with Gasteiger partial charge in [0.2, 0.25) is 5.91 Å². The number of carbonyl (C=O) groups excluding carboxylic acids is 2. The molecular weight excluding hydrogens is 294 g/mol. The van der Waals surface area contributed by atoms with Gasteiger partial charge in [0.1, 0.15) is 5.75 Å². The molecular formula is C17H23N3O3. The molecule has 2 atom stereocenters. The van der Waals surface area contributed by atoms with Crippen molar-refractivity contribution in [1.82, 2.24) is 10.6 Å². The summed E-state index contributed by atoms with van der Waals surface area (Å²) in [6, 6.07) is 5.51. The Bertz CT molecular complexity index is 597. The lowest BCUT2D eigenvalue weighted by atomic mass is 10.0. The van der Waals surface area contributed by atoms with Crippen molar-refractivity contribution in [2.45, 2.75) is 32.2 Å². The number of hydrogen-bond acceptors (Lipinski definition) is 4. The first-order valence-electron chi connectivity index (χ1n) is 8.18. The van der Waals surface area contributed by atoms with Gasteiger partial charge in [-0.05, 0) is 56.5 Å². The highest BCUT2D eigenvalue weighted by atomic mass is 16.5. The number of ether oxygens (including phenoxy) is 1. The Morgan fingerprint density at radius 1 is 1.48 bits per heavy atom. The van der Waals surface area contributed by atoms with Crippen LogP contribution in [0.15, 0.2) is 18.2 Å². The number of rotatable bonds is 5. The van der Waals surface area contributed by atoms with Gasteiger partial charge in [0, 0.05) is 6.42 Å². The summed E-state index contributed by atoms with van der Waals surface area (Å²) in [4.78, 5) is 23.5. The maximum atomic E-state index is 12.1. The summed E-state index contributed by atoms with van der Waals surface area (Å²) in [5.74, 6) is 1.20. The lowest BCUT2D eigenvalue weighted by Crippen LogP contribution is -2.28. The monoisotopic (exact) mass is 317 g/mol. The number of amides is 2. The minimum Gasteiger partial charge on any atom is -0.482 e. The van der Waals surface area contributed by atoms with E-state index in [4.69, 9.17) is 4.74 Å². The maximum Gasteiger partial charge on any atom is 0.262 e. The molecule has 1 aromatic carbocycles. The first-order chi connectivity index (χ1) is 11.1. The summed E-state index contributed by atoms with van der Waals surface area (Å²) in [6.45, 7) is 4.08. The van der Waals surface area contributed by atoms with Crippen molar-refractivity contribution in [3.63, 3.8) is 0 Å². The van der Waals surface area contributed by atoms with E-state index in [1.165, 1.54) is 0 Å². The van der Waals surface area contributed by atoms with E-state index in [2.05, 4.69) is 16.0 Å². The van der Waals surface area contributed by atoms with Crippen LogP contribution < -0.4 is 20.7 Å². The molecule has 2 aliphatic rings. The van der Waals surface area contributed by atoms with E-state index in [-0.39, 0.29) is 24.5 Å². The van der Waals surface area contributed by atoms with Crippen LogP contribution in [0.5, 0.6) is 5.75 Å². The second-order valence-electron chi connectivity index (χ2n) is 6.28. The molecule has 6 nitrogen and oxygen atoms in total. The lowest BCUT2D eigenvalue weighted by Gasteiger charge is -2.21. The molecule has 1 aromatic rings. The number of fused-ring (bicyclic) bond motifs is 1. The van der Waals surface area contributed by atoms with Gasteiger partial charge in [-0.15, -0.1) is 0 Å². The zero-order chi connectivity index (χ0) is 16.2. The second-order valence-corrected chi connectivity index (χ2v) is 6.28. The van der Waals surface area contributed by atoms with Crippen molar-refractivity contribution in [3.05, 3.63) is 23.8 Å². The molecule has 2 unspecified atom stereocenters. The molecule has 1 fully saturated rings. The summed E-state index contributed by atoms with van der Waals surface area (Å²) < 4.78 is 5.34. The quantitative estimate of drug-likeness (QED) is 0.770. The Balaban J connectivity index is 1.55. The number of carbonyl (C=O) groups is 2. The van der Waals surface area contributed by atoms with Crippen molar-refractivity contribution >= 4 is 17.5 Å². The third kappa shape index (κ3) is 4.01. The van der Waals surface area contributed by atoms with Gasteiger partial charge in [-0.1, -0.05) is 6.07 Å². The number of benzene rings is 1. The summed E-state index contributed by atoms with van der Waals surface area (Å²) in [5, 5.41) is 9.13. The van der Waals surface area contributed by atoms with E-state index in [0.717, 1.165) is 31.5 Å². The number of nitrogens with one attached hydrogen (secondary N) is 3. The molecule has 0 radical (unpaired) electrons. The molecule has 0 saturated carbocycles. The smallest absolute Gasteiger partial charge is 0.262 e.